The molecule has 0 unspecified atom stereocenters. The fraction of sp³-hybridized carbons (Fsp3) is 0.423. The first-order chi connectivity index (χ1) is 17.6. The van der Waals surface area contributed by atoms with Gasteiger partial charge in [0, 0.05) is 36.3 Å². The van der Waals surface area contributed by atoms with E-state index in [1.165, 1.54) is 0 Å². The van der Waals surface area contributed by atoms with E-state index in [2.05, 4.69) is 20.6 Å². The first kappa shape index (κ1) is 27.6. The molecule has 1 aromatic heterocycles. The SMILES string of the molecule is COc1cc(NCc2ccc3nc(N)nc(N)c3c2C)cc(OC)c1OCCN[C@@H](CC(C)C)C(=O)O. The van der Waals surface area contributed by atoms with Crippen molar-refractivity contribution in [3.8, 4) is 17.2 Å². The number of nitrogens with one attached hydrogen (secondary N) is 2. The Balaban J connectivity index is 1.71. The monoisotopic (exact) mass is 512 g/mol. The number of nitrogen functional groups attached to an aromatic ring is 2. The molecule has 0 bridgehead atoms. The van der Waals surface area contributed by atoms with E-state index in [0.717, 1.165) is 22.2 Å². The van der Waals surface area contributed by atoms with Gasteiger partial charge >= 0.3 is 5.97 Å². The van der Waals surface area contributed by atoms with Crippen molar-refractivity contribution in [3.63, 3.8) is 0 Å². The Labute approximate surface area is 216 Å². The van der Waals surface area contributed by atoms with Crippen LogP contribution in [-0.4, -0.2) is 54.5 Å². The van der Waals surface area contributed by atoms with E-state index in [4.69, 9.17) is 25.7 Å². The fourth-order valence-corrected chi connectivity index (χ4v) is 4.13. The molecule has 0 aliphatic heterocycles. The van der Waals surface area contributed by atoms with Crippen molar-refractivity contribution < 1.29 is 24.1 Å². The average Bonchev–Trinajstić information content (AvgIpc) is 2.84. The van der Waals surface area contributed by atoms with Crippen LogP contribution in [-0.2, 0) is 11.3 Å². The maximum atomic E-state index is 11.4. The number of carboxylic acid groups (broad SMARTS) is 1. The third-order valence-corrected chi connectivity index (χ3v) is 5.97. The summed E-state index contributed by atoms with van der Waals surface area (Å²) in [6, 6.07) is 6.85. The van der Waals surface area contributed by atoms with Gasteiger partial charge in [0.25, 0.3) is 0 Å². The quantitative estimate of drug-likeness (QED) is 0.213. The summed E-state index contributed by atoms with van der Waals surface area (Å²) in [6.07, 6.45) is 0.534. The van der Waals surface area contributed by atoms with Crippen LogP contribution in [0.4, 0.5) is 17.5 Å². The van der Waals surface area contributed by atoms with E-state index in [1.807, 2.05) is 45.0 Å². The molecule has 11 nitrogen and oxygen atoms in total. The summed E-state index contributed by atoms with van der Waals surface area (Å²) in [5.41, 5.74) is 15.3. The van der Waals surface area contributed by atoms with Crippen LogP contribution in [0.3, 0.4) is 0 Å². The van der Waals surface area contributed by atoms with Gasteiger partial charge in [0.1, 0.15) is 18.5 Å². The molecule has 11 heteroatoms. The second kappa shape index (κ2) is 12.3. The molecule has 1 atom stereocenters. The van der Waals surface area contributed by atoms with Crippen molar-refractivity contribution in [2.75, 3.05) is 44.2 Å². The van der Waals surface area contributed by atoms with E-state index in [-0.39, 0.29) is 18.5 Å². The van der Waals surface area contributed by atoms with Gasteiger partial charge in [-0.25, -0.2) is 4.98 Å². The van der Waals surface area contributed by atoms with Crippen LogP contribution in [0.2, 0.25) is 0 Å². The Kier molecular flexibility index (Phi) is 9.18. The number of hydrogen-bond acceptors (Lipinski definition) is 10. The zero-order chi connectivity index (χ0) is 27.1. The lowest BCUT2D eigenvalue weighted by Gasteiger charge is -2.19. The van der Waals surface area contributed by atoms with Crippen molar-refractivity contribution in [2.24, 2.45) is 5.92 Å². The highest BCUT2D eigenvalue weighted by molar-refractivity contribution is 5.92. The summed E-state index contributed by atoms with van der Waals surface area (Å²) in [7, 11) is 3.10. The molecule has 3 aromatic rings. The third kappa shape index (κ3) is 6.82. The normalized spacial score (nSPS) is 11.9. The largest absolute Gasteiger partial charge is 0.493 e. The highest BCUT2D eigenvalue weighted by atomic mass is 16.5. The third-order valence-electron chi connectivity index (χ3n) is 5.97. The Morgan fingerprint density at radius 3 is 2.38 bits per heavy atom. The molecule has 0 spiro atoms. The second-order valence-corrected chi connectivity index (χ2v) is 9.10. The van der Waals surface area contributed by atoms with Gasteiger partial charge in [0.05, 0.1) is 19.7 Å². The van der Waals surface area contributed by atoms with E-state index in [9.17, 15) is 9.90 Å². The zero-order valence-electron chi connectivity index (χ0n) is 21.9. The molecule has 2 aromatic carbocycles. The van der Waals surface area contributed by atoms with Crippen LogP contribution in [0.5, 0.6) is 17.2 Å². The highest BCUT2D eigenvalue weighted by Crippen LogP contribution is 2.40. The van der Waals surface area contributed by atoms with Crippen LogP contribution in [0.15, 0.2) is 24.3 Å². The van der Waals surface area contributed by atoms with Crippen LogP contribution < -0.4 is 36.3 Å². The number of ether oxygens (including phenoxy) is 3. The van der Waals surface area contributed by atoms with Crippen LogP contribution >= 0.6 is 0 Å². The Bertz CT molecular complexity index is 1220. The average molecular weight is 513 g/mol. The lowest BCUT2D eigenvalue weighted by molar-refractivity contribution is -0.139. The minimum atomic E-state index is -0.875. The Morgan fingerprint density at radius 2 is 1.78 bits per heavy atom. The standard InChI is InChI=1S/C26H36N6O5/c1-14(2)10-19(25(33)34)29-8-9-37-23-20(35-4)11-17(12-21(23)36-5)30-13-16-6-7-18-22(15(16)3)24(27)32-26(28)31-18/h6-7,11-12,14,19,29-30H,8-10,13H2,1-5H3,(H,33,34)(H4,27,28,31,32)/t19-/m0/s1. The number of nitrogens with two attached hydrogens (primary N) is 2. The molecule has 37 heavy (non-hydrogen) atoms. The molecule has 1 heterocycles. The molecule has 7 N–H and O–H groups in total. The summed E-state index contributed by atoms with van der Waals surface area (Å²) in [5.74, 6) is 1.30. The van der Waals surface area contributed by atoms with Gasteiger partial charge < -0.3 is 41.4 Å². The van der Waals surface area contributed by atoms with Crippen LogP contribution in [0, 0.1) is 12.8 Å². The molecule has 0 saturated heterocycles. The molecule has 3 rings (SSSR count). The number of nitrogens with zero attached hydrogens (tertiary/aromatic N) is 2. The molecule has 200 valence electrons. The molecular weight excluding hydrogens is 476 g/mol. The predicted molar refractivity (Wildman–Crippen MR) is 144 cm³/mol. The summed E-state index contributed by atoms with van der Waals surface area (Å²) < 4.78 is 17.0. The molecular formula is C26H36N6O5. The Hall–Kier alpha value is -3.99. The number of carbonyl (C=O) groups is 1. The number of benzene rings is 2. The topological polar surface area (TPSA) is 167 Å². The van der Waals surface area contributed by atoms with Crippen molar-refractivity contribution in [1.82, 2.24) is 15.3 Å². The van der Waals surface area contributed by atoms with Gasteiger partial charge in [-0.3, -0.25) is 4.79 Å². The number of methoxy groups -OCH3 is 2. The van der Waals surface area contributed by atoms with Gasteiger partial charge in [-0.2, -0.15) is 4.98 Å². The maximum absolute atomic E-state index is 11.4. The number of aromatic nitrogens is 2. The lowest BCUT2D eigenvalue weighted by atomic mass is 10.0. The van der Waals surface area contributed by atoms with E-state index in [1.54, 1.807) is 14.2 Å². The van der Waals surface area contributed by atoms with Gasteiger partial charge in [0.15, 0.2) is 11.5 Å². The minimum Gasteiger partial charge on any atom is -0.493 e. The lowest BCUT2D eigenvalue weighted by Crippen LogP contribution is -2.39. The summed E-state index contributed by atoms with van der Waals surface area (Å²) >= 11 is 0. The number of aliphatic carboxylic acids is 1. The molecule has 0 fully saturated rings. The summed E-state index contributed by atoms with van der Waals surface area (Å²) in [6.45, 7) is 7.05. The Morgan fingerprint density at radius 1 is 1.11 bits per heavy atom. The van der Waals surface area contributed by atoms with Gasteiger partial charge in [-0.15, -0.1) is 0 Å². The second-order valence-electron chi connectivity index (χ2n) is 9.10. The van der Waals surface area contributed by atoms with Crippen LogP contribution in [0.1, 0.15) is 31.4 Å². The summed E-state index contributed by atoms with van der Waals surface area (Å²) in [4.78, 5) is 19.8. The predicted octanol–water partition coefficient (Wildman–Crippen LogP) is 3.20. The fourth-order valence-electron chi connectivity index (χ4n) is 4.13. The van der Waals surface area contributed by atoms with Gasteiger partial charge in [0.2, 0.25) is 11.7 Å². The number of anilines is 3. The molecule has 0 saturated carbocycles. The molecule has 0 amide bonds. The van der Waals surface area contributed by atoms with Crippen LogP contribution in [0.25, 0.3) is 10.9 Å². The van der Waals surface area contributed by atoms with E-state index < -0.39 is 12.0 Å². The molecule has 0 radical (unpaired) electrons. The van der Waals surface area contributed by atoms with Crippen molar-refractivity contribution >= 4 is 34.3 Å². The number of hydrogen-bond donors (Lipinski definition) is 5. The first-order valence-corrected chi connectivity index (χ1v) is 12.0. The molecule has 0 aliphatic rings. The molecule has 0 aliphatic carbocycles. The van der Waals surface area contributed by atoms with Crippen molar-refractivity contribution in [2.45, 2.75) is 39.8 Å². The van der Waals surface area contributed by atoms with Gasteiger partial charge in [-0.1, -0.05) is 19.9 Å². The minimum absolute atomic E-state index is 0.143. The van der Waals surface area contributed by atoms with Crippen molar-refractivity contribution in [1.29, 1.82) is 0 Å². The first-order valence-electron chi connectivity index (χ1n) is 12.0. The van der Waals surface area contributed by atoms with E-state index in [0.29, 0.717) is 48.1 Å². The van der Waals surface area contributed by atoms with Gasteiger partial charge in [-0.05, 0) is 36.5 Å². The maximum Gasteiger partial charge on any atom is 0.320 e. The smallest absolute Gasteiger partial charge is 0.320 e. The van der Waals surface area contributed by atoms with E-state index >= 15 is 0 Å². The number of rotatable bonds is 13. The summed E-state index contributed by atoms with van der Waals surface area (Å²) in [5, 5.41) is 16.6. The number of fused-ring (bicyclic) bond motifs is 1. The highest BCUT2D eigenvalue weighted by Gasteiger charge is 2.19. The van der Waals surface area contributed by atoms with Crippen molar-refractivity contribution in [3.05, 3.63) is 35.4 Å². The zero-order valence-corrected chi connectivity index (χ0v) is 21.9. The number of carboxylic acids is 1. The number of aryl methyl sites for hydroxylation is 1.